The third kappa shape index (κ3) is 1.52. The summed E-state index contributed by atoms with van der Waals surface area (Å²) in [5.41, 5.74) is -0.293. The average Bonchev–Trinajstić information content (AvgIpc) is 3.31. The van der Waals surface area contributed by atoms with Crippen molar-refractivity contribution in [2.45, 2.75) is 56.5 Å². The normalized spacial score (nSPS) is 52.5. The van der Waals surface area contributed by atoms with Crippen molar-refractivity contribution < 1.29 is 28.2 Å². The molecule has 2 aliphatic carbocycles. The maximum atomic E-state index is 12.9. The van der Waals surface area contributed by atoms with Gasteiger partial charge >= 0.3 is 11.9 Å². The average molecular weight is 344 g/mol. The van der Waals surface area contributed by atoms with E-state index in [2.05, 4.69) is 6.92 Å². The van der Waals surface area contributed by atoms with Gasteiger partial charge in [-0.1, -0.05) is 6.92 Å². The number of hydrogen-bond acceptors (Lipinski definition) is 6. The molecule has 1 aromatic rings. The molecule has 2 saturated carbocycles. The molecule has 3 saturated heterocycles. The molecule has 1 aromatic heterocycles. The summed E-state index contributed by atoms with van der Waals surface area (Å²) in [7, 11) is 0. The quantitative estimate of drug-likeness (QED) is 0.728. The molecule has 5 fully saturated rings. The van der Waals surface area contributed by atoms with Gasteiger partial charge in [0.05, 0.1) is 24.5 Å². The number of hydrogen-bond donors (Lipinski definition) is 0. The van der Waals surface area contributed by atoms with Gasteiger partial charge < -0.3 is 18.6 Å². The topological polar surface area (TPSA) is 75.0 Å². The molecule has 0 N–H and O–H groups in total. The second-order valence-electron chi connectivity index (χ2n) is 8.58. The summed E-state index contributed by atoms with van der Waals surface area (Å²) in [6, 6.07) is 1.90. The van der Waals surface area contributed by atoms with Crippen LogP contribution in [0.3, 0.4) is 0 Å². The summed E-state index contributed by atoms with van der Waals surface area (Å²) in [6.45, 7) is 2.16. The van der Waals surface area contributed by atoms with Gasteiger partial charge in [-0.25, -0.2) is 4.79 Å². The van der Waals surface area contributed by atoms with E-state index in [1.54, 1.807) is 12.5 Å². The highest BCUT2D eigenvalue weighted by Crippen LogP contribution is 2.69. The summed E-state index contributed by atoms with van der Waals surface area (Å²) < 4.78 is 23.0. The summed E-state index contributed by atoms with van der Waals surface area (Å²) in [5, 5.41) is 0. The predicted octanol–water partition coefficient (Wildman–Crippen LogP) is 2.38. The Hall–Kier alpha value is -1.82. The van der Waals surface area contributed by atoms with Crippen LogP contribution in [0.25, 0.3) is 0 Å². The maximum Gasteiger partial charge on any atom is 0.339 e. The largest absolute Gasteiger partial charge is 0.472 e. The van der Waals surface area contributed by atoms with Crippen molar-refractivity contribution in [2.24, 2.45) is 23.2 Å². The number of furan rings is 1. The van der Waals surface area contributed by atoms with Crippen LogP contribution in [0.1, 0.15) is 44.3 Å². The highest BCUT2D eigenvalue weighted by molar-refractivity contribution is 5.85. The van der Waals surface area contributed by atoms with E-state index in [9.17, 15) is 9.59 Å². The molecule has 132 valence electrons. The lowest BCUT2D eigenvalue weighted by molar-refractivity contribution is -0.169. The minimum Gasteiger partial charge on any atom is -0.472 e. The molecular weight excluding hydrogens is 324 g/mol. The molecule has 4 bridgehead atoms. The Labute approximate surface area is 144 Å². The molecule has 6 rings (SSSR count). The molecule has 0 unspecified atom stereocenters. The van der Waals surface area contributed by atoms with Gasteiger partial charge in [0.25, 0.3) is 0 Å². The van der Waals surface area contributed by atoms with Gasteiger partial charge in [0, 0.05) is 23.3 Å². The number of esters is 2. The van der Waals surface area contributed by atoms with E-state index in [-0.39, 0.29) is 53.4 Å². The second kappa shape index (κ2) is 4.29. The first-order valence-corrected chi connectivity index (χ1v) is 9.13. The van der Waals surface area contributed by atoms with E-state index in [1.807, 2.05) is 6.07 Å². The van der Waals surface area contributed by atoms with E-state index >= 15 is 0 Å². The molecule has 0 amide bonds. The minimum absolute atomic E-state index is 0.0202. The van der Waals surface area contributed by atoms with Crippen LogP contribution in [-0.4, -0.2) is 29.7 Å². The number of rotatable bonds is 1. The zero-order chi connectivity index (χ0) is 17.0. The standard InChI is InChI=1S/C19H20O6/c1-18-6-13(9-2-3-22-8-9)25-19(18)7-14(24-17(19)21)15-11-4-10(5-12(15)18)23-16(11)20/h2-3,8,10-15H,4-7H2,1H3/t10-,11-,12+,13+,14+,15+,18+,19-/m0/s1. The van der Waals surface area contributed by atoms with Crippen LogP contribution in [0.4, 0.5) is 0 Å². The van der Waals surface area contributed by atoms with Crippen molar-refractivity contribution in [1.82, 2.24) is 0 Å². The first-order chi connectivity index (χ1) is 12.0. The zero-order valence-corrected chi connectivity index (χ0v) is 14.0. The van der Waals surface area contributed by atoms with Gasteiger partial charge in [-0.05, 0) is 31.2 Å². The van der Waals surface area contributed by atoms with Crippen molar-refractivity contribution >= 4 is 11.9 Å². The molecular formula is C19H20O6. The lowest BCUT2D eigenvalue weighted by atomic mass is 9.49. The third-order valence-corrected chi connectivity index (χ3v) is 7.66. The lowest BCUT2D eigenvalue weighted by Crippen LogP contribution is -2.59. The predicted molar refractivity (Wildman–Crippen MR) is 82.1 cm³/mol. The van der Waals surface area contributed by atoms with E-state index in [4.69, 9.17) is 18.6 Å². The zero-order valence-electron chi connectivity index (χ0n) is 14.0. The number of carbonyl (C=O) groups excluding carboxylic acids is 2. The van der Waals surface area contributed by atoms with Crippen molar-refractivity contribution in [2.75, 3.05) is 0 Å². The second-order valence-corrected chi connectivity index (χ2v) is 8.58. The number of fused-ring (bicyclic) bond motifs is 7. The molecule has 1 spiro atoms. The smallest absolute Gasteiger partial charge is 0.339 e. The van der Waals surface area contributed by atoms with Crippen LogP contribution >= 0.6 is 0 Å². The van der Waals surface area contributed by atoms with Crippen LogP contribution in [0.15, 0.2) is 23.0 Å². The van der Waals surface area contributed by atoms with E-state index in [0.717, 1.165) is 24.8 Å². The van der Waals surface area contributed by atoms with Crippen LogP contribution in [0, 0.1) is 23.2 Å². The fourth-order valence-corrected chi connectivity index (χ4v) is 6.54. The van der Waals surface area contributed by atoms with Gasteiger partial charge in [0.15, 0.2) is 5.60 Å². The molecule has 0 aromatic carbocycles. The van der Waals surface area contributed by atoms with Crippen LogP contribution in [0.2, 0.25) is 0 Å². The maximum absolute atomic E-state index is 12.9. The van der Waals surface area contributed by atoms with Crippen molar-refractivity contribution in [1.29, 1.82) is 0 Å². The fraction of sp³-hybridized carbons (Fsp3) is 0.684. The molecule has 8 atom stereocenters. The summed E-state index contributed by atoms with van der Waals surface area (Å²) in [4.78, 5) is 25.2. The van der Waals surface area contributed by atoms with Crippen molar-refractivity contribution in [3.63, 3.8) is 0 Å². The summed E-state index contributed by atoms with van der Waals surface area (Å²) in [6.07, 6.45) is 5.75. The molecule has 3 aliphatic heterocycles. The SMILES string of the molecule is C[C@]12C[C@H](c3ccoc3)O[C@]13C[C@@H](OC3=O)[C@@H]1[C@@H]3C[C@@H](C[C@H]12)OC3=O. The van der Waals surface area contributed by atoms with Crippen LogP contribution in [0.5, 0.6) is 0 Å². The minimum atomic E-state index is -0.902. The Morgan fingerprint density at radius 1 is 1.16 bits per heavy atom. The van der Waals surface area contributed by atoms with Gasteiger partial charge in [0.1, 0.15) is 12.2 Å². The number of ether oxygens (including phenoxy) is 3. The van der Waals surface area contributed by atoms with Gasteiger partial charge in [-0.2, -0.15) is 0 Å². The molecule has 4 heterocycles. The van der Waals surface area contributed by atoms with E-state index in [0.29, 0.717) is 6.42 Å². The Balaban J connectivity index is 1.48. The molecule has 6 nitrogen and oxygen atoms in total. The molecule has 0 radical (unpaired) electrons. The Morgan fingerprint density at radius 3 is 2.84 bits per heavy atom. The highest BCUT2D eigenvalue weighted by Gasteiger charge is 2.76. The monoisotopic (exact) mass is 344 g/mol. The van der Waals surface area contributed by atoms with Gasteiger partial charge in [0.2, 0.25) is 0 Å². The number of carbonyl (C=O) groups is 2. The molecule has 25 heavy (non-hydrogen) atoms. The Kier molecular flexibility index (Phi) is 2.46. The van der Waals surface area contributed by atoms with Crippen LogP contribution < -0.4 is 0 Å². The van der Waals surface area contributed by atoms with Gasteiger partial charge in [-0.3, -0.25) is 4.79 Å². The lowest BCUT2D eigenvalue weighted by Gasteiger charge is -2.51. The molecule has 6 heteroatoms. The fourth-order valence-electron chi connectivity index (χ4n) is 6.54. The van der Waals surface area contributed by atoms with E-state index in [1.165, 1.54) is 0 Å². The Morgan fingerprint density at radius 2 is 2.04 bits per heavy atom. The first-order valence-electron chi connectivity index (χ1n) is 9.13. The van der Waals surface area contributed by atoms with Gasteiger partial charge in [-0.15, -0.1) is 0 Å². The summed E-state index contributed by atoms with van der Waals surface area (Å²) >= 11 is 0. The van der Waals surface area contributed by atoms with Crippen LogP contribution in [-0.2, 0) is 23.8 Å². The first kappa shape index (κ1) is 14.4. The molecule has 5 aliphatic rings. The summed E-state index contributed by atoms with van der Waals surface area (Å²) in [5.74, 6) is -0.235. The van der Waals surface area contributed by atoms with Crippen molar-refractivity contribution in [3.05, 3.63) is 24.2 Å². The Bertz CT molecular complexity index is 771. The van der Waals surface area contributed by atoms with E-state index < -0.39 is 5.60 Å². The third-order valence-electron chi connectivity index (χ3n) is 7.66. The van der Waals surface area contributed by atoms with Crippen molar-refractivity contribution in [3.8, 4) is 0 Å². The highest BCUT2D eigenvalue weighted by atomic mass is 16.6.